The second kappa shape index (κ2) is 8.82. The zero-order valence-corrected chi connectivity index (χ0v) is 14.6. The van der Waals surface area contributed by atoms with Crippen LogP contribution in [0.15, 0.2) is 66.7 Å². The third-order valence-corrected chi connectivity index (χ3v) is 3.74. The number of benzene rings is 2. The number of hydrogen-bond acceptors (Lipinski definition) is 5. The Balaban J connectivity index is 1.47. The van der Waals surface area contributed by atoms with Crippen molar-refractivity contribution < 1.29 is 9.53 Å². The van der Waals surface area contributed by atoms with E-state index in [9.17, 15) is 4.79 Å². The molecule has 0 spiro atoms. The highest BCUT2D eigenvalue weighted by atomic mass is 35.5. The highest BCUT2D eigenvalue weighted by Gasteiger charge is 2.06. The molecule has 1 aromatic heterocycles. The first kappa shape index (κ1) is 17.7. The van der Waals surface area contributed by atoms with Gasteiger partial charge in [0.1, 0.15) is 5.75 Å². The molecule has 3 rings (SSSR count). The first-order valence-electron chi connectivity index (χ1n) is 8.04. The van der Waals surface area contributed by atoms with Gasteiger partial charge < -0.3 is 15.4 Å². The molecule has 3 aromatic rings. The molecule has 0 unspecified atom stereocenters. The van der Waals surface area contributed by atoms with Gasteiger partial charge in [0.05, 0.1) is 23.7 Å². The molecule has 0 aliphatic rings. The molecule has 2 aromatic carbocycles. The summed E-state index contributed by atoms with van der Waals surface area (Å²) >= 11 is 6.09. The standard InChI is InChI=1S/C19H17ClN4O2/c20-15-8-4-5-9-16(15)21-17-10-11-18(24-23-17)22-19(25)12-13-26-14-6-2-1-3-7-14/h1-11H,12-13H2,(H,21,23)(H,22,24,25). The fourth-order valence-electron chi connectivity index (χ4n) is 2.15. The number of para-hydroxylation sites is 2. The van der Waals surface area contributed by atoms with E-state index >= 15 is 0 Å². The lowest BCUT2D eigenvalue weighted by atomic mass is 10.3. The van der Waals surface area contributed by atoms with Gasteiger partial charge in [-0.1, -0.05) is 41.9 Å². The van der Waals surface area contributed by atoms with Crippen LogP contribution < -0.4 is 15.4 Å². The van der Waals surface area contributed by atoms with Crippen molar-refractivity contribution in [1.29, 1.82) is 0 Å². The Hall–Kier alpha value is -3.12. The summed E-state index contributed by atoms with van der Waals surface area (Å²) in [6, 6.07) is 20.1. The smallest absolute Gasteiger partial charge is 0.229 e. The Morgan fingerprint density at radius 3 is 2.35 bits per heavy atom. The highest BCUT2D eigenvalue weighted by Crippen LogP contribution is 2.23. The minimum absolute atomic E-state index is 0.193. The third-order valence-electron chi connectivity index (χ3n) is 3.41. The van der Waals surface area contributed by atoms with Crippen molar-refractivity contribution in [2.75, 3.05) is 17.2 Å². The number of anilines is 3. The summed E-state index contributed by atoms with van der Waals surface area (Å²) in [7, 11) is 0. The SMILES string of the molecule is O=C(CCOc1ccccc1)Nc1ccc(Nc2ccccc2Cl)nn1. The average molecular weight is 369 g/mol. The van der Waals surface area contributed by atoms with E-state index in [2.05, 4.69) is 20.8 Å². The van der Waals surface area contributed by atoms with Gasteiger partial charge in [-0.2, -0.15) is 0 Å². The fraction of sp³-hybridized carbons (Fsp3) is 0.105. The Kier molecular flexibility index (Phi) is 6.01. The Labute approximate surface area is 156 Å². The van der Waals surface area contributed by atoms with Gasteiger partial charge in [-0.15, -0.1) is 10.2 Å². The molecule has 1 heterocycles. The summed E-state index contributed by atoms with van der Waals surface area (Å²) in [4.78, 5) is 11.9. The largest absolute Gasteiger partial charge is 0.493 e. The molecule has 7 heteroatoms. The van der Waals surface area contributed by atoms with Crippen LogP contribution in [0.1, 0.15) is 6.42 Å². The minimum Gasteiger partial charge on any atom is -0.493 e. The summed E-state index contributed by atoms with van der Waals surface area (Å²) in [5.41, 5.74) is 0.735. The maximum atomic E-state index is 11.9. The molecule has 0 fully saturated rings. The van der Waals surface area contributed by atoms with E-state index in [1.54, 1.807) is 18.2 Å². The van der Waals surface area contributed by atoms with E-state index < -0.39 is 0 Å². The van der Waals surface area contributed by atoms with E-state index in [-0.39, 0.29) is 18.9 Å². The normalized spacial score (nSPS) is 10.2. The maximum absolute atomic E-state index is 11.9. The molecular weight excluding hydrogens is 352 g/mol. The van der Waals surface area contributed by atoms with Crippen molar-refractivity contribution in [3.05, 3.63) is 71.8 Å². The van der Waals surface area contributed by atoms with E-state index in [0.717, 1.165) is 11.4 Å². The lowest BCUT2D eigenvalue weighted by Gasteiger charge is -2.08. The van der Waals surface area contributed by atoms with Crippen molar-refractivity contribution in [2.45, 2.75) is 6.42 Å². The minimum atomic E-state index is -0.193. The zero-order chi connectivity index (χ0) is 18.2. The van der Waals surface area contributed by atoms with Gasteiger partial charge in [-0.05, 0) is 36.4 Å². The molecule has 0 bridgehead atoms. The Bertz CT molecular complexity index is 857. The van der Waals surface area contributed by atoms with Gasteiger partial charge in [0.15, 0.2) is 11.6 Å². The number of halogens is 1. The van der Waals surface area contributed by atoms with E-state index in [1.165, 1.54) is 0 Å². The second-order valence-electron chi connectivity index (χ2n) is 5.37. The second-order valence-corrected chi connectivity index (χ2v) is 5.78. The summed E-state index contributed by atoms with van der Waals surface area (Å²) in [5.74, 6) is 1.44. The number of hydrogen-bond donors (Lipinski definition) is 2. The van der Waals surface area contributed by atoms with Crippen LogP contribution in [0.4, 0.5) is 17.3 Å². The van der Waals surface area contributed by atoms with Crippen molar-refractivity contribution in [3.8, 4) is 5.75 Å². The van der Waals surface area contributed by atoms with Crippen molar-refractivity contribution in [2.24, 2.45) is 0 Å². The molecule has 1 amide bonds. The van der Waals surface area contributed by atoms with Gasteiger partial charge in [0, 0.05) is 0 Å². The summed E-state index contributed by atoms with van der Waals surface area (Å²) < 4.78 is 5.49. The van der Waals surface area contributed by atoms with Crippen LogP contribution in [0.5, 0.6) is 5.75 Å². The number of ether oxygens (including phenoxy) is 1. The van der Waals surface area contributed by atoms with Crippen LogP contribution in [0, 0.1) is 0 Å². The number of carbonyl (C=O) groups excluding carboxylic acids is 1. The molecule has 2 N–H and O–H groups in total. The molecule has 0 aliphatic carbocycles. The number of nitrogens with one attached hydrogen (secondary N) is 2. The van der Waals surface area contributed by atoms with Crippen LogP contribution in [-0.2, 0) is 4.79 Å². The van der Waals surface area contributed by atoms with Crippen molar-refractivity contribution in [3.63, 3.8) is 0 Å². The van der Waals surface area contributed by atoms with Crippen molar-refractivity contribution >= 4 is 34.8 Å². The quantitative estimate of drug-likeness (QED) is 0.651. The van der Waals surface area contributed by atoms with Crippen LogP contribution >= 0.6 is 11.6 Å². The number of carbonyl (C=O) groups is 1. The fourth-order valence-corrected chi connectivity index (χ4v) is 2.33. The van der Waals surface area contributed by atoms with Crippen LogP contribution in [0.25, 0.3) is 0 Å². The van der Waals surface area contributed by atoms with Gasteiger partial charge in [-0.3, -0.25) is 4.79 Å². The molecule has 0 saturated heterocycles. The van der Waals surface area contributed by atoms with Gasteiger partial charge in [0.2, 0.25) is 5.91 Å². The van der Waals surface area contributed by atoms with E-state index in [1.807, 2.05) is 48.5 Å². The molecule has 0 atom stereocenters. The highest BCUT2D eigenvalue weighted by molar-refractivity contribution is 6.33. The lowest BCUT2D eigenvalue weighted by Crippen LogP contribution is -2.16. The monoisotopic (exact) mass is 368 g/mol. The molecule has 0 saturated carbocycles. The van der Waals surface area contributed by atoms with E-state index in [0.29, 0.717) is 16.7 Å². The summed E-state index contributed by atoms with van der Waals surface area (Å²) in [6.45, 7) is 0.287. The Morgan fingerprint density at radius 1 is 0.923 bits per heavy atom. The van der Waals surface area contributed by atoms with Gasteiger partial charge >= 0.3 is 0 Å². The molecule has 6 nitrogen and oxygen atoms in total. The summed E-state index contributed by atoms with van der Waals surface area (Å²) in [5, 5.41) is 14.4. The molecule has 0 radical (unpaired) electrons. The van der Waals surface area contributed by atoms with Gasteiger partial charge in [0.25, 0.3) is 0 Å². The van der Waals surface area contributed by atoms with Crippen molar-refractivity contribution in [1.82, 2.24) is 10.2 Å². The number of rotatable bonds is 7. The average Bonchev–Trinajstić information content (AvgIpc) is 2.66. The topological polar surface area (TPSA) is 76.1 Å². The van der Waals surface area contributed by atoms with Crippen LogP contribution in [0.2, 0.25) is 5.02 Å². The Morgan fingerprint density at radius 2 is 1.62 bits per heavy atom. The first-order chi connectivity index (χ1) is 12.7. The maximum Gasteiger partial charge on any atom is 0.229 e. The number of amides is 1. The number of nitrogens with zero attached hydrogens (tertiary/aromatic N) is 2. The lowest BCUT2D eigenvalue weighted by molar-refractivity contribution is -0.116. The molecule has 0 aliphatic heterocycles. The van der Waals surface area contributed by atoms with Crippen LogP contribution in [-0.4, -0.2) is 22.7 Å². The predicted molar refractivity (Wildman–Crippen MR) is 102 cm³/mol. The molecular formula is C19H17ClN4O2. The molecule has 26 heavy (non-hydrogen) atoms. The summed E-state index contributed by atoms with van der Waals surface area (Å²) in [6.07, 6.45) is 0.218. The molecule has 132 valence electrons. The predicted octanol–water partition coefficient (Wildman–Crippen LogP) is 4.28. The third kappa shape index (κ3) is 5.19. The zero-order valence-electron chi connectivity index (χ0n) is 13.9. The van der Waals surface area contributed by atoms with Gasteiger partial charge in [-0.25, -0.2) is 0 Å². The van der Waals surface area contributed by atoms with Crippen LogP contribution in [0.3, 0.4) is 0 Å². The first-order valence-corrected chi connectivity index (χ1v) is 8.41. The van der Waals surface area contributed by atoms with E-state index in [4.69, 9.17) is 16.3 Å². The number of aromatic nitrogens is 2.